The number of likely N-dealkylation sites (tertiary alicyclic amines) is 1. The number of hydrogen-bond donors (Lipinski definition) is 2. The molecule has 1 saturated heterocycles. The molecule has 1 aromatic rings. The van der Waals surface area contributed by atoms with E-state index in [9.17, 15) is 13.2 Å². The van der Waals surface area contributed by atoms with Crippen LogP contribution in [0.2, 0.25) is 0 Å². The number of nitrogens with zero attached hydrogens (tertiary/aromatic N) is 2. The van der Waals surface area contributed by atoms with Crippen LogP contribution >= 0.6 is 0 Å². The highest BCUT2D eigenvalue weighted by atomic mass is 19.3. The van der Waals surface area contributed by atoms with E-state index < -0.39 is 6.43 Å². The summed E-state index contributed by atoms with van der Waals surface area (Å²) in [6.45, 7) is 1.87. The molecule has 5 nitrogen and oxygen atoms in total. The fourth-order valence-corrected chi connectivity index (χ4v) is 3.03. The molecule has 8 heteroatoms. The first-order chi connectivity index (χ1) is 12.5. The Morgan fingerprint density at radius 2 is 2.08 bits per heavy atom. The molecule has 1 heterocycles. The second-order valence-corrected chi connectivity index (χ2v) is 6.39. The largest absolute Gasteiger partial charge is 0.380 e. The van der Waals surface area contributed by atoms with E-state index in [0.29, 0.717) is 31.2 Å². The summed E-state index contributed by atoms with van der Waals surface area (Å²) in [6.07, 6.45) is -0.697. The number of ether oxygens (including phenoxy) is 1. The van der Waals surface area contributed by atoms with Crippen molar-refractivity contribution in [3.05, 3.63) is 35.1 Å². The van der Waals surface area contributed by atoms with Gasteiger partial charge >= 0.3 is 0 Å². The SMILES string of the molecule is CN=C(NCc1ccc(F)c(COC)c1)NC1CCN(CC(F)F)CC1. The molecular formula is C18H27F3N4O. The van der Waals surface area contributed by atoms with E-state index in [1.54, 1.807) is 24.1 Å². The van der Waals surface area contributed by atoms with Gasteiger partial charge in [-0.1, -0.05) is 6.07 Å². The van der Waals surface area contributed by atoms with E-state index >= 15 is 0 Å². The Morgan fingerprint density at radius 3 is 2.69 bits per heavy atom. The highest BCUT2D eigenvalue weighted by molar-refractivity contribution is 5.79. The van der Waals surface area contributed by atoms with Crippen LogP contribution in [0, 0.1) is 5.82 Å². The zero-order chi connectivity index (χ0) is 18.9. The van der Waals surface area contributed by atoms with Crippen LogP contribution in [0.4, 0.5) is 13.2 Å². The number of aliphatic imine (C=N–C) groups is 1. The molecule has 2 N–H and O–H groups in total. The van der Waals surface area contributed by atoms with Gasteiger partial charge in [-0.25, -0.2) is 13.2 Å². The van der Waals surface area contributed by atoms with Gasteiger partial charge in [-0.15, -0.1) is 0 Å². The van der Waals surface area contributed by atoms with Crippen molar-refractivity contribution in [2.75, 3.05) is 33.8 Å². The Bertz CT molecular complexity index is 590. The summed E-state index contributed by atoms with van der Waals surface area (Å²) in [6, 6.07) is 5.12. The van der Waals surface area contributed by atoms with Gasteiger partial charge in [0.25, 0.3) is 6.43 Å². The number of hydrogen-bond acceptors (Lipinski definition) is 3. The van der Waals surface area contributed by atoms with Crippen molar-refractivity contribution in [1.82, 2.24) is 15.5 Å². The van der Waals surface area contributed by atoms with Gasteiger partial charge in [-0.2, -0.15) is 0 Å². The van der Waals surface area contributed by atoms with Gasteiger partial charge in [-0.3, -0.25) is 9.89 Å². The maximum atomic E-state index is 13.7. The van der Waals surface area contributed by atoms with Crippen molar-refractivity contribution >= 4 is 5.96 Å². The Balaban J connectivity index is 1.81. The van der Waals surface area contributed by atoms with Crippen LogP contribution in [0.15, 0.2) is 23.2 Å². The molecule has 146 valence electrons. The third-order valence-electron chi connectivity index (χ3n) is 4.42. The van der Waals surface area contributed by atoms with Crippen LogP contribution in [0.1, 0.15) is 24.0 Å². The summed E-state index contributed by atoms with van der Waals surface area (Å²) in [7, 11) is 3.21. The molecule has 1 aliphatic heterocycles. The standard InChI is InChI=1S/C18H27F3N4O/c1-22-18(24-15-5-7-25(8-6-15)11-17(20)21)23-10-13-3-4-16(19)14(9-13)12-26-2/h3-4,9,15,17H,5-8,10-12H2,1-2H3,(H2,22,23,24). The molecule has 0 aromatic heterocycles. The van der Waals surface area contributed by atoms with E-state index in [2.05, 4.69) is 15.6 Å². The Hall–Kier alpha value is -1.80. The monoisotopic (exact) mass is 372 g/mol. The topological polar surface area (TPSA) is 48.9 Å². The van der Waals surface area contributed by atoms with Crippen LogP contribution in [0.5, 0.6) is 0 Å². The molecule has 2 rings (SSSR count). The van der Waals surface area contributed by atoms with Crippen molar-refractivity contribution < 1.29 is 17.9 Å². The number of halogens is 3. The average molecular weight is 372 g/mol. The summed E-state index contributed by atoms with van der Waals surface area (Å²) in [5.41, 5.74) is 1.44. The molecular weight excluding hydrogens is 345 g/mol. The number of nitrogens with one attached hydrogen (secondary N) is 2. The van der Waals surface area contributed by atoms with Gasteiger partial charge in [-0.05, 0) is 30.5 Å². The summed E-state index contributed by atoms with van der Waals surface area (Å²) in [5, 5.41) is 6.53. The van der Waals surface area contributed by atoms with E-state index in [4.69, 9.17) is 4.74 Å². The fourth-order valence-electron chi connectivity index (χ4n) is 3.03. The van der Waals surface area contributed by atoms with Gasteiger partial charge in [0.05, 0.1) is 13.2 Å². The summed E-state index contributed by atoms with van der Waals surface area (Å²) >= 11 is 0. The highest BCUT2D eigenvalue weighted by Crippen LogP contribution is 2.13. The van der Waals surface area contributed by atoms with E-state index in [-0.39, 0.29) is 25.0 Å². The number of alkyl halides is 2. The lowest BCUT2D eigenvalue weighted by Crippen LogP contribution is -2.49. The van der Waals surface area contributed by atoms with E-state index in [1.807, 2.05) is 0 Å². The summed E-state index contributed by atoms with van der Waals surface area (Å²) in [4.78, 5) is 5.99. The van der Waals surface area contributed by atoms with Crippen molar-refractivity contribution in [2.45, 2.75) is 38.5 Å². The summed E-state index contributed by atoms with van der Waals surface area (Å²) in [5.74, 6) is 0.364. The molecule has 0 unspecified atom stereocenters. The highest BCUT2D eigenvalue weighted by Gasteiger charge is 2.21. The Kier molecular flexibility index (Phi) is 8.18. The molecule has 0 aliphatic carbocycles. The number of methoxy groups -OCH3 is 1. The first-order valence-corrected chi connectivity index (χ1v) is 8.75. The first kappa shape index (κ1) is 20.5. The molecule has 1 fully saturated rings. The fraction of sp³-hybridized carbons (Fsp3) is 0.611. The smallest absolute Gasteiger partial charge is 0.251 e. The van der Waals surface area contributed by atoms with E-state index in [0.717, 1.165) is 18.4 Å². The van der Waals surface area contributed by atoms with Gasteiger partial charge in [0.1, 0.15) is 5.82 Å². The molecule has 0 spiro atoms. The molecule has 26 heavy (non-hydrogen) atoms. The molecule has 1 aromatic carbocycles. The third-order valence-corrected chi connectivity index (χ3v) is 4.42. The number of rotatable bonds is 7. The van der Waals surface area contributed by atoms with Gasteiger partial charge in [0.2, 0.25) is 0 Å². The molecule has 1 aliphatic rings. The predicted octanol–water partition coefficient (Wildman–Crippen LogP) is 2.37. The van der Waals surface area contributed by atoms with Crippen LogP contribution in [0.3, 0.4) is 0 Å². The lowest BCUT2D eigenvalue weighted by molar-refractivity contribution is 0.0744. The van der Waals surface area contributed by atoms with Gasteiger partial charge in [0.15, 0.2) is 5.96 Å². The first-order valence-electron chi connectivity index (χ1n) is 8.75. The lowest BCUT2D eigenvalue weighted by Gasteiger charge is -2.32. The van der Waals surface area contributed by atoms with Crippen molar-refractivity contribution in [3.63, 3.8) is 0 Å². The zero-order valence-electron chi connectivity index (χ0n) is 15.3. The Morgan fingerprint density at radius 1 is 1.35 bits per heavy atom. The zero-order valence-corrected chi connectivity index (χ0v) is 15.3. The number of benzene rings is 1. The molecule has 0 bridgehead atoms. The molecule has 0 amide bonds. The molecule has 0 saturated carbocycles. The van der Waals surface area contributed by atoms with Crippen LogP contribution < -0.4 is 10.6 Å². The second-order valence-electron chi connectivity index (χ2n) is 6.39. The van der Waals surface area contributed by atoms with Crippen LogP contribution in [0.25, 0.3) is 0 Å². The quantitative estimate of drug-likeness (QED) is 0.570. The van der Waals surface area contributed by atoms with Gasteiger partial charge < -0.3 is 15.4 Å². The maximum absolute atomic E-state index is 13.7. The Labute approximate surface area is 152 Å². The minimum atomic E-state index is -2.28. The van der Waals surface area contributed by atoms with E-state index in [1.165, 1.54) is 13.2 Å². The average Bonchev–Trinajstić information content (AvgIpc) is 2.62. The van der Waals surface area contributed by atoms with Crippen LogP contribution in [-0.2, 0) is 17.9 Å². The van der Waals surface area contributed by atoms with Crippen LogP contribution in [-0.4, -0.2) is 57.1 Å². The van der Waals surface area contributed by atoms with Crippen molar-refractivity contribution in [2.24, 2.45) is 4.99 Å². The molecule has 0 radical (unpaired) electrons. The minimum absolute atomic E-state index is 0.159. The number of guanidine groups is 1. The third kappa shape index (κ3) is 6.49. The minimum Gasteiger partial charge on any atom is -0.380 e. The maximum Gasteiger partial charge on any atom is 0.251 e. The van der Waals surface area contributed by atoms with Crippen molar-refractivity contribution in [1.29, 1.82) is 0 Å². The van der Waals surface area contributed by atoms with Gasteiger partial charge in [0, 0.05) is 45.4 Å². The van der Waals surface area contributed by atoms with Crippen molar-refractivity contribution in [3.8, 4) is 0 Å². The summed E-state index contributed by atoms with van der Waals surface area (Å²) < 4.78 is 43.5. The lowest BCUT2D eigenvalue weighted by atomic mass is 10.1. The number of piperidine rings is 1. The molecule has 0 atom stereocenters. The normalized spacial score (nSPS) is 16.9. The second kappa shape index (κ2) is 10.4. The predicted molar refractivity (Wildman–Crippen MR) is 95.9 cm³/mol.